The van der Waals surface area contributed by atoms with E-state index in [0.717, 1.165) is 15.2 Å². The lowest BCUT2D eigenvalue weighted by atomic mass is 10.1. The maximum atomic E-state index is 11.5. The second kappa shape index (κ2) is 4.64. The lowest BCUT2D eigenvalue weighted by molar-refractivity contribution is 0.593. The van der Waals surface area contributed by atoms with Crippen LogP contribution in [0.2, 0.25) is 0 Å². The molecular weight excluding hydrogens is 304 g/mol. The highest BCUT2D eigenvalue weighted by Crippen LogP contribution is 2.30. The summed E-state index contributed by atoms with van der Waals surface area (Å²) in [5.74, 6) is 0. The first-order valence-corrected chi connectivity index (χ1v) is 7.19. The summed E-state index contributed by atoms with van der Waals surface area (Å²) in [7, 11) is -2.13. The fourth-order valence-electron chi connectivity index (χ4n) is 1.55. The van der Waals surface area contributed by atoms with Gasteiger partial charge in [0.1, 0.15) is 0 Å². The average Bonchev–Trinajstić information content (AvgIpc) is 2.33. The van der Waals surface area contributed by atoms with Crippen molar-refractivity contribution >= 4 is 42.6 Å². The van der Waals surface area contributed by atoms with E-state index in [-0.39, 0.29) is 0 Å². The molecule has 0 aromatic heterocycles. The zero-order valence-electron chi connectivity index (χ0n) is 9.07. The highest BCUT2D eigenvalue weighted by Gasteiger charge is 2.10. The van der Waals surface area contributed by atoms with Crippen LogP contribution in [0.1, 0.15) is 0 Å². The molecular formula is C11H11BrN2O2S. The van der Waals surface area contributed by atoms with E-state index in [9.17, 15) is 8.42 Å². The molecule has 0 heterocycles. The van der Waals surface area contributed by atoms with Crippen molar-refractivity contribution in [2.75, 3.05) is 11.8 Å². The van der Waals surface area contributed by atoms with Gasteiger partial charge in [0.2, 0.25) is 0 Å². The van der Waals surface area contributed by atoms with Gasteiger partial charge in [-0.3, -0.25) is 4.72 Å². The summed E-state index contributed by atoms with van der Waals surface area (Å²) >= 11 is 3.43. The molecule has 17 heavy (non-hydrogen) atoms. The molecule has 0 spiro atoms. The predicted molar refractivity (Wildman–Crippen MR) is 73.3 cm³/mol. The molecule has 2 N–H and O–H groups in total. The lowest BCUT2D eigenvalue weighted by Crippen LogP contribution is -2.26. The molecule has 0 unspecified atom stereocenters. The number of halogens is 1. The Hall–Kier alpha value is -1.11. The van der Waals surface area contributed by atoms with Gasteiger partial charge in [0.05, 0.1) is 5.69 Å². The van der Waals surface area contributed by atoms with Gasteiger partial charge in [0.15, 0.2) is 0 Å². The van der Waals surface area contributed by atoms with E-state index in [2.05, 4.69) is 25.4 Å². The van der Waals surface area contributed by atoms with E-state index in [4.69, 9.17) is 0 Å². The van der Waals surface area contributed by atoms with E-state index in [1.54, 1.807) is 6.07 Å². The van der Waals surface area contributed by atoms with Crippen molar-refractivity contribution < 1.29 is 8.42 Å². The zero-order chi connectivity index (χ0) is 12.5. The molecule has 4 nitrogen and oxygen atoms in total. The summed E-state index contributed by atoms with van der Waals surface area (Å²) in [6.07, 6.45) is 0. The van der Waals surface area contributed by atoms with Gasteiger partial charge in [-0.05, 0) is 17.5 Å². The second-order valence-electron chi connectivity index (χ2n) is 3.45. The van der Waals surface area contributed by atoms with Crippen LogP contribution in [-0.4, -0.2) is 15.5 Å². The Morgan fingerprint density at radius 1 is 1.06 bits per heavy atom. The van der Waals surface area contributed by atoms with Crippen molar-refractivity contribution in [3.8, 4) is 0 Å². The largest absolute Gasteiger partial charge is 0.298 e. The second-order valence-corrected chi connectivity index (χ2v) is 5.92. The molecule has 0 saturated carbocycles. The van der Waals surface area contributed by atoms with Crippen LogP contribution in [0.15, 0.2) is 40.9 Å². The molecule has 0 amide bonds. The first kappa shape index (κ1) is 12.3. The van der Waals surface area contributed by atoms with Crippen molar-refractivity contribution in [1.29, 1.82) is 0 Å². The molecule has 0 aliphatic carbocycles. The van der Waals surface area contributed by atoms with Gasteiger partial charge in [0, 0.05) is 16.9 Å². The molecule has 0 radical (unpaired) electrons. The maximum absolute atomic E-state index is 11.5. The summed E-state index contributed by atoms with van der Waals surface area (Å²) in [5, 5.41) is 1.81. The Labute approximate surface area is 108 Å². The summed E-state index contributed by atoms with van der Waals surface area (Å²) in [4.78, 5) is 0. The third-order valence-corrected chi connectivity index (χ3v) is 4.10. The fraction of sp³-hybridized carbons (Fsp3) is 0.0909. The molecule has 0 atom stereocenters. The van der Waals surface area contributed by atoms with Gasteiger partial charge in [-0.15, -0.1) is 0 Å². The van der Waals surface area contributed by atoms with Crippen LogP contribution in [0.25, 0.3) is 10.8 Å². The van der Waals surface area contributed by atoms with Gasteiger partial charge in [-0.25, -0.2) is 4.72 Å². The third kappa shape index (κ3) is 2.59. The maximum Gasteiger partial charge on any atom is 0.298 e. The quantitative estimate of drug-likeness (QED) is 0.914. The number of rotatable bonds is 3. The SMILES string of the molecule is CNS(=O)(=O)Nc1ccc(Br)c2ccccc12. The lowest BCUT2D eigenvalue weighted by Gasteiger charge is -2.10. The number of fused-ring (bicyclic) bond motifs is 1. The van der Waals surface area contributed by atoms with E-state index in [0.29, 0.717) is 5.69 Å². The average molecular weight is 315 g/mol. The summed E-state index contributed by atoms with van der Waals surface area (Å²) in [6, 6.07) is 11.1. The number of hydrogen-bond acceptors (Lipinski definition) is 2. The van der Waals surface area contributed by atoms with Gasteiger partial charge in [-0.2, -0.15) is 8.42 Å². The molecule has 0 fully saturated rings. The van der Waals surface area contributed by atoms with E-state index in [1.165, 1.54) is 7.05 Å². The van der Waals surface area contributed by atoms with Crippen molar-refractivity contribution in [2.24, 2.45) is 0 Å². The molecule has 6 heteroatoms. The van der Waals surface area contributed by atoms with Crippen LogP contribution in [0.4, 0.5) is 5.69 Å². The summed E-state index contributed by atoms with van der Waals surface area (Å²) in [6.45, 7) is 0. The number of nitrogens with one attached hydrogen (secondary N) is 2. The third-order valence-electron chi connectivity index (χ3n) is 2.38. The van der Waals surface area contributed by atoms with E-state index >= 15 is 0 Å². The first-order chi connectivity index (χ1) is 8.03. The number of benzene rings is 2. The van der Waals surface area contributed by atoms with E-state index < -0.39 is 10.2 Å². The van der Waals surface area contributed by atoms with Crippen molar-refractivity contribution in [1.82, 2.24) is 4.72 Å². The molecule has 2 aromatic rings. The highest BCUT2D eigenvalue weighted by molar-refractivity contribution is 9.10. The smallest absolute Gasteiger partial charge is 0.270 e. The Bertz CT molecular complexity index is 656. The van der Waals surface area contributed by atoms with Crippen LogP contribution in [0, 0.1) is 0 Å². The molecule has 2 aromatic carbocycles. The number of anilines is 1. The molecule has 0 saturated heterocycles. The predicted octanol–water partition coefficient (Wildman–Crippen LogP) is 2.48. The zero-order valence-corrected chi connectivity index (χ0v) is 11.5. The molecule has 0 aliphatic heterocycles. The minimum Gasteiger partial charge on any atom is -0.270 e. The van der Waals surface area contributed by atoms with Gasteiger partial charge < -0.3 is 0 Å². The molecule has 2 rings (SSSR count). The van der Waals surface area contributed by atoms with Crippen molar-refractivity contribution in [2.45, 2.75) is 0 Å². The van der Waals surface area contributed by atoms with Gasteiger partial charge in [0.25, 0.3) is 10.2 Å². The Morgan fingerprint density at radius 2 is 1.71 bits per heavy atom. The van der Waals surface area contributed by atoms with Gasteiger partial charge >= 0.3 is 0 Å². The topological polar surface area (TPSA) is 58.2 Å². The normalized spacial score (nSPS) is 11.6. The Balaban J connectivity index is 2.60. The van der Waals surface area contributed by atoms with Crippen LogP contribution < -0.4 is 9.44 Å². The van der Waals surface area contributed by atoms with E-state index in [1.807, 2.05) is 30.3 Å². The first-order valence-electron chi connectivity index (χ1n) is 4.92. The monoisotopic (exact) mass is 314 g/mol. The summed E-state index contributed by atoms with van der Waals surface area (Å²) < 4.78 is 28.6. The molecule has 0 bridgehead atoms. The molecule has 0 aliphatic rings. The molecule has 90 valence electrons. The van der Waals surface area contributed by atoms with Crippen LogP contribution in [0.3, 0.4) is 0 Å². The fourth-order valence-corrected chi connectivity index (χ4v) is 2.59. The van der Waals surface area contributed by atoms with Crippen LogP contribution >= 0.6 is 15.9 Å². The highest BCUT2D eigenvalue weighted by atomic mass is 79.9. The minimum absolute atomic E-state index is 0.554. The number of hydrogen-bond donors (Lipinski definition) is 2. The Morgan fingerprint density at radius 3 is 2.35 bits per heavy atom. The summed E-state index contributed by atoms with van der Waals surface area (Å²) in [5.41, 5.74) is 0.554. The van der Waals surface area contributed by atoms with Crippen LogP contribution in [-0.2, 0) is 10.2 Å². The standard InChI is InChI=1S/C11H11BrN2O2S/c1-13-17(15,16)14-11-7-6-10(12)8-4-2-3-5-9(8)11/h2-7,13-14H,1H3. The van der Waals surface area contributed by atoms with Crippen molar-refractivity contribution in [3.63, 3.8) is 0 Å². The Kier molecular flexibility index (Phi) is 3.37. The van der Waals surface area contributed by atoms with Gasteiger partial charge in [-0.1, -0.05) is 40.2 Å². The minimum atomic E-state index is -3.49. The van der Waals surface area contributed by atoms with Crippen LogP contribution in [0.5, 0.6) is 0 Å². The van der Waals surface area contributed by atoms with Crippen molar-refractivity contribution in [3.05, 3.63) is 40.9 Å².